The average molecular weight is 216 g/mol. The van der Waals surface area contributed by atoms with Crippen LogP contribution in [0.25, 0.3) is 0 Å². The summed E-state index contributed by atoms with van der Waals surface area (Å²) in [5, 5.41) is 0. The van der Waals surface area contributed by atoms with Crippen LogP contribution < -0.4 is 4.74 Å². The summed E-state index contributed by atoms with van der Waals surface area (Å²) in [7, 11) is 0. The molecule has 0 fully saturated rings. The number of rotatable bonds is 2. The van der Waals surface area contributed by atoms with Gasteiger partial charge < -0.3 is 4.74 Å². The molecule has 1 atom stereocenters. The third-order valence-corrected chi connectivity index (χ3v) is 3.19. The molecule has 0 aliphatic carbocycles. The molecule has 0 N–H and O–H groups in total. The molecular formula is C13H16N2O. The van der Waals surface area contributed by atoms with Crippen LogP contribution in [0.5, 0.6) is 5.75 Å². The minimum Gasteiger partial charge on any atom is -0.488 e. The minimum absolute atomic E-state index is 0.323. The quantitative estimate of drug-likeness (QED) is 0.746. The van der Waals surface area contributed by atoms with Gasteiger partial charge >= 0.3 is 0 Å². The van der Waals surface area contributed by atoms with E-state index >= 15 is 0 Å². The van der Waals surface area contributed by atoms with Crippen molar-refractivity contribution in [1.29, 1.82) is 0 Å². The second-order valence-electron chi connectivity index (χ2n) is 4.40. The predicted molar refractivity (Wildman–Crippen MR) is 64.4 cm³/mol. The maximum Gasteiger partial charge on any atom is 0.123 e. The summed E-state index contributed by atoms with van der Waals surface area (Å²) in [6, 6.07) is 8.34. The Labute approximate surface area is 95.7 Å². The largest absolute Gasteiger partial charge is 0.488 e. The van der Waals surface area contributed by atoms with Crippen LogP contribution in [0.2, 0.25) is 0 Å². The predicted octanol–water partition coefficient (Wildman–Crippen LogP) is 1.38. The van der Waals surface area contributed by atoms with Gasteiger partial charge in [0.05, 0.1) is 6.54 Å². The maximum absolute atomic E-state index is 5.92. The number of ether oxygens (including phenoxy) is 1. The summed E-state index contributed by atoms with van der Waals surface area (Å²) in [6.07, 6.45) is 3.37. The van der Waals surface area contributed by atoms with Crippen molar-refractivity contribution < 1.29 is 4.74 Å². The average Bonchev–Trinajstić information content (AvgIpc) is 2.72. The van der Waals surface area contributed by atoms with Crippen LogP contribution in [0.3, 0.4) is 0 Å². The van der Waals surface area contributed by atoms with E-state index in [0.717, 1.165) is 38.3 Å². The molecule has 0 spiro atoms. The summed E-state index contributed by atoms with van der Waals surface area (Å²) >= 11 is 0. The molecule has 2 aliphatic rings. The van der Waals surface area contributed by atoms with E-state index in [-0.39, 0.29) is 0 Å². The van der Waals surface area contributed by atoms with Gasteiger partial charge in [0.25, 0.3) is 0 Å². The highest BCUT2D eigenvalue weighted by atomic mass is 16.5. The first-order valence-electron chi connectivity index (χ1n) is 5.87. The second kappa shape index (κ2) is 4.26. The van der Waals surface area contributed by atoms with Crippen LogP contribution in [-0.4, -0.2) is 43.4 Å². The zero-order chi connectivity index (χ0) is 10.8. The van der Waals surface area contributed by atoms with E-state index in [1.54, 1.807) is 0 Å². The van der Waals surface area contributed by atoms with Crippen molar-refractivity contribution in [3.8, 4) is 5.75 Å². The van der Waals surface area contributed by atoms with Crippen molar-refractivity contribution in [2.45, 2.75) is 12.5 Å². The summed E-state index contributed by atoms with van der Waals surface area (Å²) in [5.41, 5.74) is 1.35. The lowest BCUT2D eigenvalue weighted by molar-refractivity contribution is 0.162. The summed E-state index contributed by atoms with van der Waals surface area (Å²) in [6.45, 7) is 3.98. The van der Waals surface area contributed by atoms with Crippen LogP contribution in [0.1, 0.15) is 5.56 Å². The fourth-order valence-electron chi connectivity index (χ4n) is 2.36. The topological polar surface area (TPSA) is 24.8 Å². The van der Waals surface area contributed by atoms with Gasteiger partial charge in [-0.2, -0.15) is 0 Å². The van der Waals surface area contributed by atoms with Gasteiger partial charge in [-0.1, -0.05) is 18.2 Å². The molecule has 1 unspecified atom stereocenters. The van der Waals surface area contributed by atoms with Crippen LogP contribution in [0.15, 0.2) is 29.3 Å². The third-order valence-electron chi connectivity index (χ3n) is 3.19. The number of nitrogens with zero attached hydrogens (tertiary/aromatic N) is 2. The summed E-state index contributed by atoms with van der Waals surface area (Å²) in [5.74, 6) is 1.07. The van der Waals surface area contributed by atoms with Crippen molar-refractivity contribution in [2.24, 2.45) is 4.99 Å². The van der Waals surface area contributed by atoms with Gasteiger partial charge in [-0.25, -0.2) is 0 Å². The van der Waals surface area contributed by atoms with Crippen molar-refractivity contribution in [3.05, 3.63) is 29.8 Å². The molecule has 3 heteroatoms. The number of hydrogen-bond acceptors (Lipinski definition) is 3. The van der Waals surface area contributed by atoms with Crippen LogP contribution in [0, 0.1) is 0 Å². The Hall–Kier alpha value is -1.35. The second-order valence-corrected chi connectivity index (χ2v) is 4.40. The van der Waals surface area contributed by atoms with E-state index < -0.39 is 0 Å². The van der Waals surface area contributed by atoms with Gasteiger partial charge in [0.2, 0.25) is 0 Å². The molecule has 0 aromatic heterocycles. The van der Waals surface area contributed by atoms with Gasteiger partial charge in [-0.15, -0.1) is 0 Å². The highest BCUT2D eigenvalue weighted by Crippen LogP contribution is 2.28. The molecule has 3 nitrogen and oxygen atoms in total. The van der Waals surface area contributed by atoms with E-state index in [1.165, 1.54) is 5.56 Å². The van der Waals surface area contributed by atoms with E-state index in [0.29, 0.717) is 6.10 Å². The van der Waals surface area contributed by atoms with Gasteiger partial charge in [-0.3, -0.25) is 9.89 Å². The molecule has 0 amide bonds. The highest BCUT2D eigenvalue weighted by Gasteiger charge is 2.24. The zero-order valence-corrected chi connectivity index (χ0v) is 9.30. The summed E-state index contributed by atoms with van der Waals surface area (Å²) < 4.78 is 5.92. The molecule has 0 radical (unpaired) electrons. The number of aliphatic imine (C=N–C) groups is 1. The first-order valence-corrected chi connectivity index (χ1v) is 5.87. The lowest BCUT2D eigenvalue weighted by atomic mass is 10.1. The molecular weight excluding hydrogens is 200 g/mol. The number of benzene rings is 1. The Morgan fingerprint density at radius 3 is 3.12 bits per heavy atom. The standard InChI is InChI=1S/C13H16N2O/c1-2-4-13-11(3-1)9-12(16-13)10-15-7-5-14-6-8-15/h1-5,12H,6-10H2. The molecule has 2 heterocycles. The molecule has 1 aromatic carbocycles. The third kappa shape index (κ3) is 1.95. The van der Waals surface area contributed by atoms with Crippen molar-refractivity contribution >= 4 is 6.21 Å². The van der Waals surface area contributed by atoms with Crippen molar-refractivity contribution in [3.63, 3.8) is 0 Å². The van der Waals surface area contributed by atoms with Gasteiger partial charge in [-0.05, 0) is 11.6 Å². The Bertz CT molecular complexity index is 378. The lowest BCUT2D eigenvalue weighted by Gasteiger charge is -2.25. The molecule has 16 heavy (non-hydrogen) atoms. The molecule has 0 bridgehead atoms. The first kappa shape index (κ1) is 9.85. The van der Waals surface area contributed by atoms with E-state index in [4.69, 9.17) is 4.74 Å². The number of fused-ring (bicyclic) bond motifs is 1. The molecule has 2 aliphatic heterocycles. The summed E-state index contributed by atoms with van der Waals surface area (Å²) in [4.78, 5) is 6.64. The van der Waals surface area contributed by atoms with E-state index in [1.807, 2.05) is 12.3 Å². The van der Waals surface area contributed by atoms with E-state index in [2.05, 4.69) is 28.1 Å². The first-order chi connectivity index (χ1) is 7.92. The highest BCUT2D eigenvalue weighted by molar-refractivity contribution is 5.60. The van der Waals surface area contributed by atoms with Gasteiger partial charge in [0, 0.05) is 32.3 Å². The Morgan fingerprint density at radius 2 is 2.31 bits per heavy atom. The molecule has 1 aromatic rings. The Balaban J connectivity index is 1.61. The molecule has 84 valence electrons. The number of para-hydroxylation sites is 1. The smallest absolute Gasteiger partial charge is 0.123 e. The van der Waals surface area contributed by atoms with Crippen LogP contribution in [0.4, 0.5) is 0 Å². The zero-order valence-electron chi connectivity index (χ0n) is 9.30. The normalized spacial score (nSPS) is 24.1. The van der Waals surface area contributed by atoms with Crippen molar-refractivity contribution in [1.82, 2.24) is 4.90 Å². The Morgan fingerprint density at radius 1 is 1.38 bits per heavy atom. The van der Waals surface area contributed by atoms with Crippen LogP contribution >= 0.6 is 0 Å². The van der Waals surface area contributed by atoms with Gasteiger partial charge in [0.15, 0.2) is 0 Å². The molecule has 0 saturated carbocycles. The minimum atomic E-state index is 0.323. The van der Waals surface area contributed by atoms with Crippen LogP contribution in [-0.2, 0) is 6.42 Å². The van der Waals surface area contributed by atoms with Gasteiger partial charge in [0.1, 0.15) is 11.9 Å². The maximum atomic E-state index is 5.92. The Kier molecular flexibility index (Phi) is 2.62. The molecule has 3 rings (SSSR count). The SMILES string of the molecule is C1=NCCN(CC2Cc3ccccc3O2)C1. The fraction of sp³-hybridized carbons (Fsp3) is 0.462. The molecule has 0 saturated heterocycles. The number of hydrogen-bond donors (Lipinski definition) is 0. The van der Waals surface area contributed by atoms with E-state index in [9.17, 15) is 0 Å². The fourth-order valence-corrected chi connectivity index (χ4v) is 2.36. The van der Waals surface area contributed by atoms with Crippen molar-refractivity contribution in [2.75, 3.05) is 26.2 Å². The monoisotopic (exact) mass is 216 g/mol. The lowest BCUT2D eigenvalue weighted by Crippen LogP contribution is -2.39.